The largest absolute Gasteiger partial charge is 0.508 e. The van der Waals surface area contributed by atoms with Gasteiger partial charge < -0.3 is 20.6 Å². The zero-order chi connectivity index (χ0) is 13.3. The molecule has 2 unspecified atom stereocenters. The maximum absolute atomic E-state index is 11.4. The standard InChI is InChI=1S/C13H16N2O3/c1-7(12(14)13(17)18-2)10-6-15-11-4-3-8(16)5-9(10)11/h3-7,12,15-16H,14H2,1-2H3. The fourth-order valence-corrected chi connectivity index (χ4v) is 2.04. The molecule has 0 amide bonds. The molecule has 5 heteroatoms. The third-order valence-corrected chi connectivity index (χ3v) is 3.20. The highest BCUT2D eigenvalue weighted by atomic mass is 16.5. The minimum atomic E-state index is -0.726. The van der Waals surface area contributed by atoms with Crippen molar-refractivity contribution in [1.29, 1.82) is 0 Å². The second-order valence-corrected chi connectivity index (χ2v) is 4.31. The van der Waals surface area contributed by atoms with E-state index in [0.29, 0.717) is 0 Å². The van der Waals surface area contributed by atoms with Gasteiger partial charge in [0.1, 0.15) is 11.8 Å². The molecule has 0 saturated heterocycles. The molecule has 1 aromatic heterocycles. The number of fused-ring (bicyclic) bond motifs is 1. The number of hydrogen-bond donors (Lipinski definition) is 3. The van der Waals surface area contributed by atoms with Gasteiger partial charge in [0.25, 0.3) is 0 Å². The van der Waals surface area contributed by atoms with Gasteiger partial charge in [-0.2, -0.15) is 0 Å². The van der Waals surface area contributed by atoms with Crippen molar-refractivity contribution in [2.75, 3.05) is 7.11 Å². The third-order valence-electron chi connectivity index (χ3n) is 3.20. The number of hydrogen-bond acceptors (Lipinski definition) is 4. The summed E-state index contributed by atoms with van der Waals surface area (Å²) in [4.78, 5) is 14.5. The van der Waals surface area contributed by atoms with E-state index >= 15 is 0 Å². The topological polar surface area (TPSA) is 88.3 Å². The molecule has 4 N–H and O–H groups in total. The molecule has 5 nitrogen and oxygen atoms in total. The number of phenolic OH excluding ortho intramolecular Hbond substituents is 1. The molecule has 0 saturated carbocycles. The molecule has 0 fully saturated rings. The highest BCUT2D eigenvalue weighted by Gasteiger charge is 2.25. The number of carbonyl (C=O) groups excluding carboxylic acids is 1. The molecule has 2 rings (SSSR count). The summed E-state index contributed by atoms with van der Waals surface area (Å²) in [7, 11) is 1.32. The number of carbonyl (C=O) groups is 1. The Labute approximate surface area is 105 Å². The lowest BCUT2D eigenvalue weighted by Gasteiger charge is -2.17. The molecule has 0 aliphatic carbocycles. The van der Waals surface area contributed by atoms with Gasteiger partial charge in [-0.25, -0.2) is 0 Å². The van der Waals surface area contributed by atoms with Crippen molar-refractivity contribution < 1.29 is 14.6 Å². The molecule has 2 aromatic rings. The highest BCUT2D eigenvalue weighted by molar-refractivity contribution is 5.86. The molecule has 0 bridgehead atoms. The van der Waals surface area contributed by atoms with E-state index in [1.54, 1.807) is 24.4 Å². The van der Waals surface area contributed by atoms with Gasteiger partial charge in [0, 0.05) is 23.0 Å². The summed E-state index contributed by atoms with van der Waals surface area (Å²) < 4.78 is 4.64. The Morgan fingerprint density at radius 1 is 1.50 bits per heavy atom. The number of phenols is 1. The van der Waals surface area contributed by atoms with E-state index in [1.807, 2.05) is 6.92 Å². The fourth-order valence-electron chi connectivity index (χ4n) is 2.04. The van der Waals surface area contributed by atoms with Gasteiger partial charge in [0.15, 0.2) is 0 Å². The summed E-state index contributed by atoms with van der Waals surface area (Å²) in [5.41, 5.74) is 7.62. The number of aromatic amines is 1. The first-order valence-electron chi connectivity index (χ1n) is 5.68. The van der Waals surface area contributed by atoms with Crippen LogP contribution in [-0.4, -0.2) is 29.2 Å². The number of esters is 1. The quantitative estimate of drug-likeness (QED) is 0.718. The predicted octanol–water partition coefficient (Wildman–Crippen LogP) is 1.48. The van der Waals surface area contributed by atoms with E-state index in [4.69, 9.17) is 5.73 Å². The van der Waals surface area contributed by atoms with Gasteiger partial charge in [-0.05, 0) is 23.8 Å². The molecular formula is C13H16N2O3. The zero-order valence-corrected chi connectivity index (χ0v) is 10.3. The Morgan fingerprint density at radius 3 is 2.89 bits per heavy atom. The Morgan fingerprint density at radius 2 is 2.22 bits per heavy atom. The first kappa shape index (κ1) is 12.4. The molecule has 18 heavy (non-hydrogen) atoms. The van der Waals surface area contributed by atoms with E-state index in [1.165, 1.54) is 7.11 Å². The molecular weight excluding hydrogens is 232 g/mol. The lowest BCUT2D eigenvalue weighted by atomic mass is 9.93. The van der Waals surface area contributed by atoms with Crippen molar-refractivity contribution in [2.24, 2.45) is 5.73 Å². The van der Waals surface area contributed by atoms with Crippen molar-refractivity contribution in [3.05, 3.63) is 30.0 Å². The number of benzene rings is 1. The molecule has 2 atom stereocenters. The van der Waals surface area contributed by atoms with Crippen LogP contribution in [0.15, 0.2) is 24.4 Å². The molecule has 96 valence electrons. The predicted molar refractivity (Wildman–Crippen MR) is 68.4 cm³/mol. The van der Waals surface area contributed by atoms with Gasteiger partial charge in [-0.15, -0.1) is 0 Å². The minimum absolute atomic E-state index is 0.183. The molecule has 0 radical (unpaired) electrons. The van der Waals surface area contributed by atoms with Crippen LogP contribution >= 0.6 is 0 Å². The molecule has 0 aliphatic rings. The van der Waals surface area contributed by atoms with Crippen LogP contribution < -0.4 is 5.73 Å². The Hall–Kier alpha value is -2.01. The Balaban J connectivity index is 2.41. The van der Waals surface area contributed by atoms with Crippen LogP contribution in [0.2, 0.25) is 0 Å². The summed E-state index contributed by atoms with van der Waals surface area (Å²) in [6, 6.07) is 4.32. The average Bonchev–Trinajstić information content (AvgIpc) is 2.78. The van der Waals surface area contributed by atoms with Gasteiger partial charge in [-0.1, -0.05) is 6.92 Å². The van der Waals surface area contributed by atoms with Crippen LogP contribution in [0.4, 0.5) is 0 Å². The molecule has 0 aliphatic heterocycles. The Bertz CT molecular complexity index is 577. The summed E-state index contributed by atoms with van der Waals surface area (Å²) in [5, 5.41) is 10.4. The summed E-state index contributed by atoms with van der Waals surface area (Å²) in [5.74, 6) is -0.466. The minimum Gasteiger partial charge on any atom is -0.508 e. The maximum Gasteiger partial charge on any atom is 0.323 e. The van der Waals surface area contributed by atoms with Crippen LogP contribution in [0, 0.1) is 0 Å². The molecule has 0 spiro atoms. The SMILES string of the molecule is COC(=O)C(N)C(C)c1c[nH]c2ccc(O)cc12. The number of aromatic nitrogens is 1. The molecule has 1 heterocycles. The number of nitrogens with two attached hydrogens (primary N) is 1. The van der Waals surface area contributed by atoms with Crippen LogP contribution in [0.3, 0.4) is 0 Å². The number of ether oxygens (including phenoxy) is 1. The van der Waals surface area contributed by atoms with Crippen LogP contribution in [0.1, 0.15) is 18.4 Å². The first-order valence-corrected chi connectivity index (χ1v) is 5.68. The number of rotatable bonds is 3. The smallest absolute Gasteiger partial charge is 0.323 e. The van der Waals surface area contributed by atoms with Crippen LogP contribution in [0.25, 0.3) is 10.9 Å². The second-order valence-electron chi connectivity index (χ2n) is 4.31. The van der Waals surface area contributed by atoms with Gasteiger partial charge in [0.05, 0.1) is 7.11 Å². The van der Waals surface area contributed by atoms with E-state index in [0.717, 1.165) is 16.5 Å². The van der Waals surface area contributed by atoms with E-state index < -0.39 is 12.0 Å². The van der Waals surface area contributed by atoms with Crippen molar-refractivity contribution in [2.45, 2.75) is 18.9 Å². The van der Waals surface area contributed by atoms with E-state index in [9.17, 15) is 9.90 Å². The van der Waals surface area contributed by atoms with Gasteiger partial charge in [0.2, 0.25) is 0 Å². The normalized spacial score (nSPS) is 14.4. The van der Waals surface area contributed by atoms with Crippen molar-refractivity contribution in [3.63, 3.8) is 0 Å². The van der Waals surface area contributed by atoms with Crippen molar-refractivity contribution in [3.8, 4) is 5.75 Å². The number of aromatic hydroxyl groups is 1. The lowest BCUT2D eigenvalue weighted by Crippen LogP contribution is -2.36. The summed E-state index contributed by atoms with van der Waals surface area (Å²) >= 11 is 0. The maximum atomic E-state index is 11.4. The van der Waals surface area contributed by atoms with E-state index in [-0.39, 0.29) is 11.7 Å². The fraction of sp³-hybridized carbons (Fsp3) is 0.308. The number of methoxy groups -OCH3 is 1. The summed E-state index contributed by atoms with van der Waals surface area (Å²) in [6.07, 6.45) is 1.80. The number of nitrogens with one attached hydrogen (secondary N) is 1. The first-order chi connectivity index (χ1) is 8.54. The highest BCUT2D eigenvalue weighted by Crippen LogP contribution is 2.29. The lowest BCUT2D eigenvalue weighted by molar-refractivity contribution is -0.142. The van der Waals surface area contributed by atoms with E-state index in [2.05, 4.69) is 9.72 Å². The van der Waals surface area contributed by atoms with Gasteiger partial charge in [-0.3, -0.25) is 4.79 Å². The summed E-state index contributed by atoms with van der Waals surface area (Å²) in [6.45, 7) is 1.86. The zero-order valence-electron chi connectivity index (χ0n) is 10.3. The van der Waals surface area contributed by atoms with Gasteiger partial charge >= 0.3 is 5.97 Å². The van der Waals surface area contributed by atoms with Crippen LogP contribution in [-0.2, 0) is 9.53 Å². The second kappa shape index (κ2) is 4.70. The van der Waals surface area contributed by atoms with Crippen molar-refractivity contribution >= 4 is 16.9 Å². The third kappa shape index (κ3) is 2.04. The van der Waals surface area contributed by atoms with Crippen molar-refractivity contribution in [1.82, 2.24) is 4.98 Å². The average molecular weight is 248 g/mol. The molecule has 1 aromatic carbocycles. The number of H-pyrrole nitrogens is 1. The van der Waals surface area contributed by atoms with Crippen LogP contribution in [0.5, 0.6) is 5.75 Å². The Kier molecular flexibility index (Phi) is 3.25. The monoisotopic (exact) mass is 248 g/mol.